The number of hydrogen-bond donors (Lipinski definition) is 0. The van der Waals surface area contributed by atoms with Gasteiger partial charge in [0.2, 0.25) is 0 Å². The fraction of sp³-hybridized carbons (Fsp3) is 1.00. The van der Waals surface area contributed by atoms with Crippen LogP contribution in [0.3, 0.4) is 0 Å². The molecule has 0 aromatic rings. The zero-order valence-electron chi connectivity index (χ0n) is 6.27. The van der Waals surface area contributed by atoms with Crippen LogP contribution < -0.4 is 18.9 Å². The molecule has 0 saturated carbocycles. The monoisotopic (exact) mass is 116 g/mol. The van der Waals surface area contributed by atoms with Gasteiger partial charge in [-0.05, 0) is 25.9 Å². The van der Waals surface area contributed by atoms with Crippen molar-refractivity contribution in [2.45, 2.75) is 25.7 Å². The third-order valence-corrected chi connectivity index (χ3v) is 1.64. The van der Waals surface area contributed by atoms with Crippen molar-refractivity contribution < 1.29 is 18.9 Å². The van der Waals surface area contributed by atoms with Crippen LogP contribution in [0.2, 0.25) is 0 Å². The molecule has 1 aliphatic rings. The van der Waals surface area contributed by atoms with Gasteiger partial charge in [0.15, 0.2) is 0 Å². The molecule has 45 valence electrons. The average molecular weight is 116 g/mol. The van der Waals surface area contributed by atoms with E-state index in [0.717, 1.165) is 13.1 Å². The molecule has 1 saturated heterocycles. The van der Waals surface area contributed by atoms with Crippen molar-refractivity contribution in [1.29, 1.82) is 0 Å². The molecule has 0 aliphatic carbocycles. The average Bonchev–Trinajstić information content (AvgIpc) is 1.94. The van der Waals surface area contributed by atoms with Gasteiger partial charge in [0.1, 0.15) is 0 Å². The predicted octanol–water partition coefficient (Wildman–Crippen LogP) is -2.05. The fourth-order valence-corrected chi connectivity index (χ4v) is 1.10. The number of hydrogen-bond acceptors (Lipinski definition) is 1. The van der Waals surface area contributed by atoms with Crippen LogP contribution in [0, 0.1) is 0 Å². The largest absolute Gasteiger partial charge is 1.00 e. The van der Waals surface area contributed by atoms with Crippen molar-refractivity contribution in [1.82, 2.24) is 4.81 Å². The second-order valence-corrected chi connectivity index (χ2v) is 2.45. The zero-order chi connectivity index (χ0) is 5.82. The fourth-order valence-electron chi connectivity index (χ4n) is 1.10. The van der Waals surface area contributed by atoms with E-state index in [1.165, 1.54) is 25.7 Å². The summed E-state index contributed by atoms with van der Waals surface area (Å²) in [5, 5.41) is 0. The van der Waals surface area contributed by atoms with Crippen LogP contribution in [0.25, 0.3) is 0 Å². The van der Waals surface area contributed by atoms with E-state index in [9.17, 15) is 0 Å². The molecule has 0 unspecified atom stereocenters. The number of nitrogens with zero attached hydrogens (tertiary/aromatic N) is 1. The van der Waals surface area contributed by atoms with E-state index < -0.39 is 0 Å². The molecule has 0 spiro atoms. The minimum atomic E-state index is 0. The standard InChI is InChI=1S/C6H12BN.Li/c7-8-5-3-1-2-4-6-8;/h1-6H2;/q-1;+1. The molecule has 0 aromatic heterocycles. The van der Waals surface area contributed by atoms with Crippen LogP contribution in [-0.2, 0) is 0 Å². The van der Waals surface area contributed by atoms with Crippen molar-refractivity contribution in [3.8, 4) is 0 Å². The Labute approximate surface area is 70.8 Å². The molecule has 9 heavy (non-hydrogen) atoms. The summed E-state index contributed by atoms with van der Waals surface area (Å²) in [5.74, 6) is 0. The second-order valence-electron chi connectivity index (χ2n) is 2.45. The van der Waals surface area contributed by atoms with E-state index in [1.807, 2.05) is 4.81 Å². The Morgan fingerprint density at radius 1 is 0.889 bits per heavy atom. The molecule has 0 amide bonds. The molecule has 0 N–H and O–H groups in total. The zero-order valence-corrected chi connectivity index (χ0v) is 6.27. The van der Waals surface area contributed by atoms with E-state index >= 15 is 0 Å². The molecule has 1 fully saturated rings. The van der Waals surface area contributed by atoms with Crippen LogP contribution in [0.1, 0.15) is 25.7 Å². The summed E-state index contributed by atoms with van der Waals surface area (Å²) in [5.41, 5.74) is 0. The Balaban J connectivity index is 0.000000640. The third kappa shape index (κ3) is 4.08. The SMILES string of the molecule is [B-]N1CCCCCC1.[Li+]. The molecule has 3 heteroatoms. The maximum Gasteiger partial charge on any atom is 1.00 e. The van der Waals surface area contributed by atoms with Gasteiger partial charge in [-0.2, -0.15) is 0 Å². The molecular weight excluding hydrogens is 104 g/mol. The van der Waals surface area contributed by atoms with Gasteiger partial charge in [-0.1, -0.05) is 12.8 Å². The number of rotatable bonds is 0. The minimum absolute atomic E-state index is 0. The summed E-state index contributed by atoms with van der Waals surface area (Å²) in [7, 11) is 5.57. The summed E-state index contributed by atoms with van der Waals surface area (Å²) in [6, 6.07) is 0. The predicted molar refractivity (Wildman–Crippen MR) is 35.8 cm³/mol. The molecule has 1 nitrogen and oxygen atoms in total. The maximum absolute atomic E-state index is 5.57. The third-order valence-electron chi connectivity index (χ3n) is 1.64. The molecule has 3 radical (unpaired) electrons. The van der Waals surface area contributed by atoms with Crippen LogP contribution in [-0.4, -0.2) is 25.9 Å². The summed E-state index contributed by atoms with van der Waals surface area (Å²) in [6.07, 6.45) is 5.31. The first-order chi connectivity index (χ1) is 3.89. The van der Waals surface area contributed by atoms with Crippen molar-refractivity contribution in [3.63, 3.8) is 0 Å². The molecule has 1 aliphatic heterocycles. The Morgan fingerprint density at radius 2 is 1.33 bits per heavy atom. The van der Waals surface area contributed by atoms with Gasteiger partial charge in [0, 0.05) is 0 Å². The van der Waals surface area contributed by atoms with E-state index in [4.69, 9.17) is 7.98 Å². The van der Waals surface area contributed by atoms with E-state index in [-0.39, 0.29) is 18.9 Å². The van der Waals surface area contributed by atoms with Crippen molar-refractivity contribution >= 4 is 7.98 Å². The maximum atomic E-state index is 5.57. The quantitative estimate of drug-likeness (QED) is 0.329. The minimum Gasteiger partial charge on any atom is -0.580 e. The van der Waals surface area contributed by atoms with Crippen LogP contribution in [0.4, 0.5) is 0 Å². The van der Waals surface area contributed by atoms with E-state index in [1.54, 1.807) is 0 Å². The van der Waals surface area contributed by atoms with Gasteiger partial charge in [-0.25, -0.2) is 0 Å². The summed E-state index contributed by atoms with van der Waals surface area (Å²) in [4.78, 5) is 1.92. The smallest absolute Gasteiger partial charge is 0.580 e. The van der Waals surface area contributed by atoms with Gasteiger partial charge >= 0.3 is 18.9 Å². The van der Waals surface area contributed by atoms with Crippen LogP contribution >= 0.6 is 0 Å². The van der Waals surface area contributed by atoms with Gasteiger partial charge in [-0.15, -0.1) is 0 Å². The first-order valence-corrected chi connectivity index (χ1v) is 3.39. The van der Waals surface area contributed by atoms with Crippen molar-refractivity contribution in [2.24, 2.45) is 0 Å². The van der Waals surface area contributed by atoms with Gasteiger partial charge in [-0.3, -0.25) is 0 Å². The summed E-state index contributed by atoms with van der Waals surface area (Å²) >= 11 is 0. The van der Waals surface area contributed by atoms with Gasteiger partial charge in [0.05, 0.1) is 0 Å². The molecule has 0 atom stereocenters. The van der Waals surface area contributed by atoms with Crippen LogP contribution in [0.5, 0.6) is 0 Å². The topological polar surface area (TPSA) is 3.24 Å². The first kappa shape index (κ1) is 9.62. The van der Waals surface area contributed by atoms with Crippen molar-refractivity contribution in [3.05, 3.63) is 0 Å². The summed E-state index contributed by atoms with van der Waals surface area (Å²) in [6.45, 7) is 2.19. The molecule has 1 heterocycles. The van der Waals surface area contributed by atoms with Gasteiger partial charge < -0.3 is 12.8 Å². The van der Waals surface area contributed by atoms with Crippen molar-refractivity contribution in [2.75, 3.05) is 13.1 Å². The van der Waals surface area contributed by atoms with E-state index in [0.29, 0.717) is 0 Å². The Hall–Kier alpha value is 0.622. The molecule has 0 aromatic carbocycles. The summed E-state index contributed by atoms with van der Waals surface area (Å²) < 4.78 is 0. The normalized spacial score (nSPS) is 22.3. The Bertz CT molecular complexity index is 62.1. The molecule has 0 bridgehead atoms. The Kier molecular flexibility index (Phi) is 5.78. The second kappa shape index (κ2) is 5.41. The first-order valence-electron chi connectivity index (χ1n) is 3.39. The molecular formula is C6H12BLiN. The van der Waals surface area contributed by atoms with Crippen LogP contribution in [0.15, 0.2) is 0 Å². The Morgan fingerprint density at radius 3 is 1.78 bits per heavy atom. The van der Waals surface area contributed by atoms with E-state index in [2.05, 4.69) is 0 Å². The molecule has 1 rings (SSSR count). The van der Waals surface area contributed by atoms with Gasteiger partial charge in [0.25, 0.3) is 0 Å².